The summed E-state index contributed by atoms with van der Waals surface area (Å²) in [7, 11) is 0. The molecule has 0 spiro atoms. The van der Waals surface area contributed by atoms with Crippen LogP contribution in [0.3, 0.4) is 0 Å². The largest absolute Gasteiger partial charge is 0.398 e. The summed E-state index contributed by atoms with van der Waals surface area (Å²) in [5, 5.41) is 2.91. The minimum atomic E-state index is -0.423. The first-order valence-electron chi connectivity index (χ1n) is 6.39. The standard InChI is InChI=1S/C14H19FN2O/c1-2-14(6-3-7-14)9-17-13(18)11-5-4-10(15)8-12(11)16/h4-5,8H,2-3,6-7,9,16H2,1H3,(H,17,18). The van der Waals surface area contributed by atoms with E-state index in [0.717, 1.165) is 6.42 Å². The van der Waals surface area contributed by atoms with Crippen molar-refractivity contribution in [1.82, 2.24) is 5.32 Å². The van der Waals surface area contributed by atoms with Crippen molar-refractivity contribution >= 4 is 11.6 Å². The summed E-state index contributed by atoms with van der Waals surface area (Å²) in [6, 6.07) is 3.86. The van der Waals surface area contributed by atoms with Crippen molar-refractivity contribution in [1.29, 1.82) is 0 Å². The highest BCUT2D eigenvalue weighted by Crippen LogP contribution is 2.43. The van der Waals surface area contributed by atoms with Gasteiger partial charge in [-0.3, -0.25) is 4.79 Å². The molecule has 1 aliphatic rings. The third-order valence-electron chi connectivity index (χ3n) is 4.05. The molecule has 0 aromatic heterocycles. The van der Waals surface area contributed by atoms with Crippen molar-refractivity contribution in [3.8, 4) is 0 Å². The van der Waals surface area contributed by atoms with E-state index in [1.165, 1.54) is 37.5 Å². The number of carbonyl (C=O) groups is 1. The van der Waals surface area contributed by atoms with Crippen molar-refractivity contribution in [2.45, 2.75) is 32.6 Å². The van der Waals surface area contributed by atoms with Crippen LogP contribution in [0.4, 0.5) is 10.1 Å². The van der Waals surface area contributed by atoms with Crippen LogP contribution < -0.4 is 11.1 Å². The molecule has 2 rings (SSSR count). The number of amides is 1. The molecule has 0 unspecified atom stereocenters. The van der Waals surface area contributed by atoms with Crippen LogP contribution in [0.2, 0.25) is 0 Å². The maximum absolute atomic E-state index is 12.9. The second kappa shape index (κ2) is 4.96. The van der Waals surface area contributed by atoms with E-state index in [1.54, 1.807) is 0 Å². The van der Waals surface area contributed by atoms with Gasteiger partial charge in [0, 0.05) is 12.2 Å². The van der Waals surface area contributed by atoms with Gasteiger partial charge in [0.15, 0.2) is 0 Å². The van der Waals surface area contributed by atoms with Crippen LogP contribution in [0.1, 0.15) is 43.0 Å². The predicted octanol–water partition coefficient (Wildman–Crippen LogP) is 2.72. The fourth-order valence-corrected chi connectivity index (χ4v) is 2.44. The number of rotatable bonds is 4. The number of nitrogens with two attached hydrogens (primary N) is 1. The topological polar surface area (TPSA) is 55.1 Å². The van der Waals surface area contributed by atoms with E-state index in [9.17, 15) is 9.18 Å². The zero-order valence-electron chi connectivity index (χ0n) is 10.6. The van der Waals surface area contributed by atoms with Gasteiger partial charge in [-0.1, -0.05) is 13.3 Å². The van der Waals surface area contributed by atoms with Crippen molar-refractivity contribution in [3.05, 3.63) is 29.6 Å². The van der Waals surface area contributed by atoms with Crippen molar-refractivity contribution < 1.29 is 9.18 Å². The molecule has 0 saturated heterocycles. The lowest BCUT2D eigenvalue weighted by molar-refractivity contribution is 0.0851. The summed E-state index contributed by atoms with van der Waals surface area (Å²) in [6.45, 7) is 2.83. The van der Waals surface area contributed by atoms with Crippen molar-refractivity contribution in [2.75, 3.05) is 12.3 Å². The number of hydrogen-bond donors (Lipinski definition) is 2. The third-order valence-corrected chi connectivity index (χ3v) is 4.05. The molecule has 3 N–H and O–H groups in total. The Morgan fingerprint density at radius 1 is 1.50 bits per heavy atom. The van der Waals surface area contributed by atoms with Crippen LogP contribution in [-0.2, 0) is 0 Å². The highest BCUT2D eigenvalue weighted by Gasteiger charge is 2.35. The molecule has 1 aromatic carbocycles. The Labute approximate surface area is 107 Å². The molecule has 1 amide bonds. The number of nitrogen functional groups attached to an aromatic ring is 1. The molecular formula is C14H19FN2O. The smallest absolute Gasteiger partial charge is 0.253 e. The SMILES string of the molecule is CCC1(CNC(=O)c2ccc(F)cc2N)CCC1. The second-order valence-corrected chi connectivity index (χ2v) is 5.12. The quantitative estimate of drug-likeness (QED) is 0.807. The van der Waals surface area contributed by atoms with E-state index in [4.69, 9.17) is 5.73 Å². The lowest BCUT2D eigenvalue weighted by Gasteiger charge is -2.41. The summed E-state index contributed by atoms with van der Waals surface area (Å²) in [5.74, 6) is -0.639. The number of hydrogen-bond acceptors (Lipinski definition) is 2. The molecule has 1 aliphatic carbocycles. The second-order valence-electron chi connectivity index (χ2n) is 5.12. The molecule has 0 aliphatic heterocycles. The van der Waals surface area contributed by atoms with Gasteiger partial charge in [0.1, 0.15) is 5.82 Å². The molecule has 1 fully saturated rings. The van der Waals surface area contributed by atoms with Crippen LogP contribution in [0.5, 0.6) is 0 Å². The maximum Gasteiger partial charge on any atom is 0.253 e. The summed E-state index contributed by atoms with van der Waals surface area (Å²) in [5.41, 5.74) is 6.44. The highest BCUT2D eigenvalue weighted by molar-refractivity contribution is 5.99. The van der Waals surface area contributed by atoms with Crippen LogP contribution >= 0.6 is 0 Å². The Bertz CT molecular complexity index is 450. The maximum atomic E-state index is 12.9. The average molecular weight is 250 g/mol. The first kappa shape index (κ1) is 12.9. The Morgan fingerprint density at radius 3 is 2.72 bits per heavy atom. The average Bonchev–Trinajstić information content (AvgIpc) is 2.27. The normalized spacial score (nSPS) is 17.0. The molecule has 0 heterocycles. The van der Waals surface area contributed by atoms with E-state index in [1.807, 2.05) is 0 Å². The first-order chi connectivity index (χ1) is 8.56. The van der Waals surface area contributed by atoms with Crippen LogP contribution in [0.25, 0.3) is 0 Å². The minimum absolute atomic E-state index is 0.187. The van der Waals surface area contributed by atoms with Crippen LogP contribution in [0, 0.1) is 11.2 Å². The van der Waals surface area contributed by atoms with Gasteiger partial charge in [0.25, 0.3) is 5.91 Å². The van der Waals surface area contributed by atoms with E-state index in [2.05, 4.69) is 12.2 Å². The zero-order valence-corrected chi connectivity index (χ0v) is 10.6. The predicted molar refractivity (Wildman–Crippen MR) is 69.7 cm³/mol. The van der Waals surface area contributed by atoms with Crippen LogP contribution in [0.15, 0.2) is 18.2 Å². The fraction of sp³-hybridized carbons (Fsp3) is 0.500. The van der Waals surface area contributed by atoms with Gasteiger partial charge < -0.3 is 11.1 Å². The van der Waals surface area contributed by atoms with E-state index < -0.39 is 5.82 Å². The van der Waals surface area contributed by atoms with Gasteiger partial charge in [0.2, 0.25) is 0 Å². The van der Waals surface area contributed by atoms with Crippen molar-refractivity contribution in [3.63, 3.8) is 0 Å². The first-order valence-corrected chi connectivity index (χ1v) is 6.39. The number of benzene rings is 1. The Morgan fingerprint density at radius 2 is 2.22 bits per heavy atom. The molecule has 1 saturated carbocycles. The molecule has 1 aromatic rings. The van der Waals surface area contributed by atoms with E-state index in [0.29, 0.717) is 12.1 Å². The molecule has 4 heteroatoms. The Balaban J connectivity index is 1.99. The van der Waals surface area contributed by atoms with Gasteiger partial charge >= 0.3 is 0 Å². The lowest BCUT2D eigenvalue weighted by atomic mass is 9.67. The summed E-state index contributed by atoms with van der Waals surface area (Å²) in [4.78, 5) is 12.0. The molecular weight excluding hydrogens is 231 g/mol. The molecule has 18 heavy (non-hydrogen) atoms. The summed E-state index contributed by atoms with van der Waals surface area (Å²) < 4.78 is 12.9. The molecule has 98 valence electrons. The number of halogens is 1. The third kappa shape index (κ3) is 2.47. The molecule has 0 radical (unpaired) electrons. The molecule has 3 nitrogen and oxygen atoms in total. The zero-order chi connectivity index (χ0) is 13.2. The van der Waals surface area contributed by atoms with Crippen molar-refractivity contribution in [2.24, 2.45) is 5.41 Å². The minimum Gasteiger partial charge on any atom is -0.398 e. The highest BCUT2D eigenvalue weighted by atomic mass is 19.1. The van der Waals surface area contributed by atoms with E-state index >= 15 is 0 Å². The van der Waals surface area contributed by atoms with Gasteiger partial charge in [-0.05, 0) is 42.9 Å². The van der Waals surface area contributed by atoms with Gasteiger partial charge in [-0.2, -0.15) is 0 Å². The van der Waals surface area contributed by atoms with Gasteiger partial charge in [-0.15, -0.1) is 0 Å². The fourth-order valence-electron chi connectivity index (χ4n) is 2.44. The van der Waals surface area contributed by atoms with Gasteiger partial charge in [0.05, 0.1) is 5.56 Å². The number of carbonyl (C=O) groups excluding carboxylic acids is 1. The number of anilines is 1. The monoisotopic (exact) mass is 250 g/mol. The lowest BCUT2D eigenvalue weighted by Crippen LogP contribution is -2.41. The Hall–Kier alpha value is -1.58. The Kier molecular flexibility index (Phi) is 3.55. The number of nitrogens with one attached hydrogen (secondary N) is 1. The summed E-state index contributed by atoms with van der Waals surface area (Å²) >= 11 is 0. The molecule has 0 atom stereocenters. The summed E-state index contributed by atoms with van der Waals surface area (Å²) in [6.07, 6.45) is 4.65. The van der Waals surface area contributed by atoms with Gasteiger partial charge in [-0.25, -0.2) is 4.39 Å². The van der Waals surface area contributed by atoms with Crippen LogP contribution in [-0.4, -0.2) is 12.5 Å². The van der Waals surface area contributed by atoms with E-state index in [-0.39, 0.29) is 17.0 Å². The molecule has 0 bridgehead atoms.